The largest absolute Gasteiger partial charge is 0.350 e. The molecule has 0 bridgehead atoms. The summed E-state index contributed by atoms with van der Waals surface area (Å²) in [6.07, 6.45) is 0. The van der Waals surface area contributed by atoms with Crippen molar-refractivity contribution in [3.63, 3.8) is 0 Å². The second-order valence-corrected chi connectivity index (χ2v) is 6.92. The zero-order valence-corrected chi connectivity index (χ0v) is 15.2. The number of nitrogens with zero attached hydrogens (tertiary/aromatic N) is 2. The molecule has 0 spiro atoms. The number of piperazine rings is 1. The van der Waals surface area contributed by atoms with E-state index in [4.69, 9.17) is 11.6 Å². The maximum atomic E-state index is 12.4. The van der Waals surface area contributed by atoms with Gasteiger partial charge in [-0.1, -0.05) is 41.9 Å². The number of amides is 1. The fourth-order valence-corrected chi connectivity index (χ4v) is 3.29. The van der Waals surface area contributed by atoms with Gasteiger partial charge < -0.3 is 10.2 Å². The molecule has 3 rings (SSSR count). The van der Waals surface area contributed by atoms with E-state index in [9.17, 15) is 4.79 Å². The van der Waals surface area contributed by atoms with Crippen LogP contribution in [0.1, 0.15) is 22.0 Å². The van der Waals surface area contributed by atoms with E-state index in [0.717, 1.165) is 26.2 Å². The number of benzene rings is 2. The summed E-state index contributed by atoms with van der Waals surface area (Å²) in [5.41, 5.74) is 1.87. The molecule has 0 saturated carbocycles. The van der Waals surface area contributed by atoms with E-state index in [0.29, 0.717) is 17.1 Å². The number of rotatable bonds is 5. The normalized spacial score (nSPS) is 17.2. The Bertz CT molecular complexity index is 682. The van der Waals surface area contributed by atoms with E-state index in [1.165, 1.54) is 5.56 Å². The summed E-state index contributed by atoms with van der Waals surface area (Å²) in [5, 5.41) is 3.72. The lowest BCUT2D eigenvalue weighted by Crippen LogP contribution is -2.48. The van der Waals surface area contributed by atoms with Crippen LogP contribution >= 0.6 is 11.6 Å². The highest BCUT2D eigenvalue weighted by Gasteiger charge is 2.24. The monoisotopic (exact) mass is 357 g/mol. The molecule has 1 amide bonds. The van der Waals surface area contributed by atoms with Crippen molar-refractivity contribution in [3.8, 4) is 0 Å². The maximum Gasteiger partial charge on any atom is 0.251 e. The number of carbonyl (C=O) groups is 1. The topological polar surface area (TPSA) is 35.6 Å². The third kappa shape index (κ3) is 4.82. The van der Waals surface area contributed by atoms with Gasteiger partial charge in [-0.15, -0.1) is 0 Å². The molecule has 1 aliphatic rings. The first-order valence-electron chi connectivity index (χ1n) is 8.65. The van der Waals surface area contributed by atoms with Gasteiger partial charge in [-0.3, -0.25) is 9.69 Å². The highest BCUT2D eigenvalue weighted by molar-refractivity contribution is 6.30. The molecule has 1 N–H and O–H groups in total. The van der Waals surface area contributed by atoms with Crippen LogP contribution in [0.2, 0.25) is 5.02 Å². The molecule has 1 saturated heterocycles. The first-order valence-corrected chi connectivity index (χ1v) is 9.02. The summed E-state index contributed by atoms with van der Waals surface area (Å²) in [5.74, 6) is -0.0632. The molecule has 0 aliphatic carbocycles. The molecule has 132 valence electrons. The van der Waals surface area contributed by atoms with E-state index in [-0.39, 0.29) is 11.9 Å². The quantitative estimate of drug-likeness (QED) is 0.893. The van der Waals surface area contributed by atoms with Crippen molar-refractivity contribution in [1.29, 1.82) is 0 Å². The van der Waals surface area contributed by atoms with Gasteiger partial charge in [0.25, 0.3) is 5.91 Å². The average molecular weight is 358 g/mol. The standard InChI is InChI=1S/C20H24ClN3O/c1-23-11-13-24(14-12-23)19(16-5-3-2-4-6-16)15-22-20(25)17-7-9-18(21)10-8-17/h2-10,19H,11-15H2,1H3,(H,22,25). The van der Waals surface area contributed by atoms with E-state index in [1.807, 2.05) is 6.07 Å². The Morgan fingerprint density at radius 3 is 2.32 bits per heavy atom. The molecule has 1 unspecified atom stereocenters. The summed E-state index contributed by atoms with van der Waals surface area (Å²) in [4.78, 5) is 17.2. The second kappa shape index (κ2) is 8.48. The van der Waals surface area contributed by atoms with Crippen LogP contribution in [-0.4, -0.2) is 55.5 Å². The van der Waals surface area contributed by atoms with Crippen LogP contribution in [0.15, 0.2) is 54.6 Å². The van der Waals surface area contributed by atoms with Crippen molar-refractivity contribution in [2.45, 2.75) is 6.04 Å². The van der Waals surface area contributed by atoms with Gasteiger partial charge in [-0.2, -0.15) is 0 Å². The zero-order chi connectivity index (χ0) is 17.6. The van der Waals surface area contributed by atoms with Crippen molar-refractivity contribution in [2.24, 2.45) is 0 Å². The zero-order valence-electron chi connectivity index (χ0n) is 14.5. The van der Waals surface area contributed by atoms with Crippen molar-refractivity contribution in [2.75, 3.05) is 39.8 Å². The van der Waals surface area contributed by atoms with Gasteiger partial charge in [0.05, 0.1) is 6.04 Å². The minimum atomic E-state index is -0.0632. The van der Waals surface area contributed by atoms with Gasteiger partial charge >= 0.3 is 0 Å². The Balaban J connectivity index is 1.69. The Morgan fingerprint density at radius 1 is 1.04 bits per heavy atom. The summed E-state index contributed by atoms with van der Waals surface area (Å²) in [7, 11) is 2.15. The third-order valence-corrected chi connectivity index (χ3v) is 4.98. The van der Waals surface area contributed by atoms with Crippen LogP contribution in [0.25, 0.3) is 0 Å². The van der Waals surface area contributed by atoms with Crippen LogP contribution in [0, 0.1) is 0 Å². The molecule has 2 aromatic carbocycles. The predicted molar refractivity (Wildman–Crippen MR) is 102 cm³/mol. The lowest BCUT2D eigenvalue weighted by atomic mass is 10.0. The van der Waals surface area contributed by atoms with Crippen LogP contribution in [0.5, 0.6) is 0 Å². The highest BCUT2D eigenvalue weighted by Crippen LogP contribution is 2.21. The molecule has 5 heteroatoms. The number of carbonyl (C=O) groups excluding carboxylic acids is 1. The number of likely N-dealkylation sites (N-methyl/N-ethyl adjacent to an activating group) is 1. The van der Waals surface area contributed by atoms with Gasteiger partial charge in [0.2, 0.25) is 0 Å². The molecule has 1 aliphatic heterocycles. The van der Waals surface area contributed by atoms with Crippen LogP contribution < -0.4 is 5.32 Å². The fourth-order valence-electron chi connectivity index (χ4n) is 3.16. The summed E-state index contributed by atoms with van der Waals surface area (Å²) in [6, 6.07) is 17.6. The molecular weight excluding hydrogens is 334 g/mol. The molecule has 1 heterocycles. The lowest BCUT2D eigenvalue weighted by Gasteiger charge is -2.38. The first-order chi connectivity index (χ1) is 12.1. The fraction of sp³-hybridized carbons (Fsp3) is 0.350. The van der Waals surface area contributed by atoms with Crippen molar-refractivity contribution < 1.29 is 4.79 Å². The number of halogens is 1. The van der Waals surface area contributed by atoms with Crippen molar-refractivity contribution in [1.82, 2.24) is 15.1 Å². The van der Waals surface area contributed by atoms with Crippen LogP contribution in [0.4, 0.5) is 0 Å². The van der Waals surface area contributed by atoms with Gasteiger partial charge in [-0.05, 0) is 36.9 Å². The van der Waals surface area contributed by atoms with Gasteiger partial charge in [0, 0.05) is 43.3 Å². The average Bonchev–Trinajstić information content (AvgIpc) is 2.64. The van der Waals surface area contributed by atoms with E-state index in [1.54, 1.807) is 24.3 Å². The summed E-state index contributed by atoms with van der Waals surface area (Å²) < 4.78 is 0. The Kier molecular flexibility index (Phi) is 6.08. The molecule has 0 aromatic heterocycles. The van der Waals surface area contributed by atoms with Crippen LogP contribution in [0.3, 0.4) is 0 Å². The number of hydrogen-bond donors (Lipinski definition) is 1. The van der Waals surface area contributed by atoms with Gasteiger partial charge in [-0.25, -0.2) is 0 Å². The Morgan fingerprint density at radius 2 is 1.68 bits per heavy atom. The summed E-state index contributed by atoms with van der Waals surface area (Å²) in [6.45, 7) is 4.71. The van der Waals surface area contributed by atoms with E-state index < -0.39 is 0 Å². The lowest BCUT2D eigenvalue weighted by molar-refractivity contribution is 0.0886. The van der Waals surface area contributed by atoms with Crippen molar-refractivity contribution in [3.05, 3.63) is 70.7 Å². The molecule has 1 atom stereocenters. The number of nitrogens with one attached hydrogen (secondary N) is 1. The molecule has 2 aromatic rings. The molecule has 4 nitrogen and oxygen atoms in total. The summed E-state index contributed by atoms with van der Waals surface area (Å²) >= 11 is 5.89. The second-order valence-electron chi connectivity index (χ2n) is 6.48. The van der Waals surface area contributed by atoms with E-state index >= 15 is 0 Å². The van der Waals surface area contributed by atoms with E-state index in [2.05, 4.69) is 46.4 Å². The van der Waals surface area contributed by atoms with Crippen LogP contribution in [-0.2, 0) is 0 Å². The van der Waals surface area contributed by atoms with Crippen molar-refractivity contribution >= 4 is 17.5 Å². The molecule has 25 heavy (non-hydrogen) atoms. The first kappa shape index (κ1) is 17.9. The smallest absolute Gasteiger partial charge is 0.251 e. The maximum absolute atomic E-state index is 12.4. The minimum absolute atomic E-state index is 0.0632. The molecule has 0 radical (unpaired) electrons. The Hall–Kier alpha value is -1.88. The third-order valence-electron chi connectivity index (χ3n) is 4.73. The Labute approximate surface area is 154 Å². The number of hydrogen-bond acceptors (Lipinski definition) is 3. The molecule has 1 fully saturated rings. The highest BCUT2D eigenvalue weighted by atomic mass is 35.5. The SMILES string of the molecule is CN1CCN(C(CNC(=O)c2ccc(Cl)cc2)c2ccccc2)CC1. The van der Waals surface area contributed by atoms with Gasteiger partial charge in [0.15, 0.2) is 0 Å². The van der Waals surface area contributed by atoms with Gasteiger partial charge in [0.1, 0.15) is 0 Å². The minimum Gasteiger partial charge on any atom is -0.350 e. The predicted octanol–water partition coefficient (Wildman–Crippen LogP) is 3.06. The molecular formula is C20H24ClN3O.